The van der Waals surface area contributed by atoms with E-state index in [4.69, 9.17) is 11.6 Å². The molecule has 2 aromatic rings. The van der Waals surface area contributed by atoms with Crippen molar-refractivity contribution in [3.05, 3.63) is 64.9 Å². The summed E-state index contributed by atoms with van der Waals surface area (Å²) in [4.78, 5) is 27.0. The summed E-state index contributed by atoms with van der Waals surface area (Å²) in [6.07, 6.45) is 1.58. The molecule has 1 amide bonds. The summed E-state index contributed by atoms with van der Waals surface area (Å²) in [7, 11) is 0. The maximum Gasteiger partial charge on any atom is 0.254 e. The Kier molecular flexibility index (Phi) is 4.90. The molecular formula is C15H12ClN2O3-. The molecule has 0 aliphatic carbocycles. The first-order valence-corrected chi connectivity index (χ1v) is 6.62. The summed E-state index contributed by atoms with van der Waals surface area (Å²) >= 11 is 5.81. The molecule has 1 unspecified atom stereocenters. The first-order valence-electron chi connectivity index (χ1n) is 6.24. The first kappa shape index (κ1) is 15.0. The molecule has 1 aromatic heterocycles. The molecule has 1 aromatic carbocycles. The van der Waals surface area contributed by atoms with Gasteiger partial charge in [0, 0.05) is 6.20 Å². The Labute approximate surface area is 126 Å². The predicted octanol–water partition coefficient (Wildman–Crippen LogP) is 0.826. The topological polar surface area (TPSA) is 82.1 Å². The molecule has 0 aliphatic heterocycles. The highest BCUT2D eigenvalue weighted by Gasteiger charge is 2.17. The Balaban J connectivity index is 2.12. The smallest absolute Gasteiger partial charge is 0.254 e. The molecule has 0 radical (unpaired) electrons. The molecule has 2 rings (SSSR count). The molecule has 0 aliphatic rings. The van der Waals surface area contributed by atoms with Crippen LogP contribution in [0, 0.1) is 0 Å². The molecule has 0 spiro atoms. The van der Waals surface area contributed by atoms with Gasteiger partial charge in [0.25, 0.3) is 5.91 Å². The zero-order valence-corrected chi connectivity index (χ0v) is 11.7. The Hall–Kier alpha value is -2.40. The van der Waals surface area contributed by atoms with Gasteiger partial charge < -0.3 is 15.2 Å². The van der Waals surface area contributed by atoms with Gasteiger partial charge in [-0.15, -0.1) is 0 Å². The van der Waals surface area contributed by atoms with Crippen molar-refractivity contribution in [3.63, 3.8) is 0 Å². The van der Waals surface area contributed by atoms with Gasteiger partial charge in [-0.2, -0.15) is 0 Å². The fraction of sp³-hybridized carbons (Fsp3) is 0.133. The summed E-state index contributed by atoms with van der Waals surface area (Å²) in [6, 6.07) is 10.8. The third-order valence-electron chi connectivity index (χ3n) is 2.88. The van der Waals surface area contributed by atoms with Gasteiger partial charge >= 0.3 is 0 Å². The van der Waals surface area contributed by atoms with Crippen LogP contribution in [0.4, 0.5) is 0 Å². The molecule has 21 heavy (non-hydrogen) atoms. The standard InChI is InChI=1S/C15H13ClN2O3/c16-13-11(7-4-8-17-13)14(19)18-12(15(20)21)9-10-5-2-1-3-6-10/h1-8,12H,9H2,(H,18,19)(H,20,21)/p-1. The van der Waals surface area contributed by atoms with Crippen molar-refractivity contribution in [1.29, 1.82) is 0 Å². The third-order valence-corrected chi connectivity index (χ3v) is 3.18. The minimum Gasteiger partial charge on any atom is -0.548 e. The summed E-state index contributed by atoms with van der Waals surface area (Å²) in [5.41, 5.74) is 0.905. The Morgan fingerprint density at radius 3 is 2.52 bits per heavy atom. The van der Waals surface area contributed by atoms with Crippen molar-refractivity contribution < 1.29 is 14.7 Å². The fourth-order valence-corrected chi connectivity index (χ4v) is 2.04. The summed E-state index contributed by atoms with van der Waals surface area (Å²) < 4.78 is 0. The number of aliphatic carboxylic acids is 1. The average Bonchev–Trinajstić information content (AvgIpc) is 2.48. The maximum atomic E-state index is 12.0. The van der Waals surface area contributed by atoms with E-state index in [0.717, 1.165) is 5.56 Å². The van der Waals surface area contributed by atoms with Crippen LogP contribution in [0.15, 0.2) is 48.7 Å². The fourth-order valence-electron chi connectivity index (χ4n) is 1.83. The van der Waals surface area contributed by atoms with Gasteiger partial charge in [-0.05, 0) is 24.1 Å². The number of nitrogens with one attached hydrogen (secondary N) is 1. The minimum atomic E-state index is -1.35. The predicted molar refractivity (Wildman–Crippen MR) is 75.7 cm³/mol. The second-order valence-corrected chi connectivity index (χ2v) is 4.73. The van der Waals surface area contributed by atoms with Crippen LogP contribution in [0.2, 0.25) is 5.15 Å². The number of hydrogen-bond acceptors (Lipinski definition) is 4. The van der Waals surface area contributed by atoms with E-state index in [1.165, 1.54) is 12.3 Å². The number of aromatic nitrogens is 1. The Bertz CT molecular complexity index is 646. The van der Waals surface area contributed by atoms with Crippen LogP contribution >= 0.6 is 11.6 Å². The highest BCUT2D eigenvalue weighted by molar-refractivity contribution is 6.32. The number of carboxylic acids is 1. The minimum absolute atomic E-state index is 0.0202. The van der Waals surface area contributed by atoms with E-state index in [-0.39, 0.29) is 17.1 Å². The zero-order valence-electron chi connectivity index (χ0n) is 11.0. The van der Waals surface area contributed by atoms with E-state index in [1.807, 2.05) is 6.07 Å². The highest BCUT2D eigenvalue weighted by Crippen LogP contribution is 2.12. The molecule has 0 saturated heterocycles. The quantitative estimate of drug-likeness (QED) is 0.829. The number of pyridine rings is 1. The van der Waals surface area contributed by atoms with Crippen LogP contribution in [-0.4, -0.2) is 22.9 Å². The number of carboxylic acid groups (broad SMARTS) is 1. The zero-order chi connectivity index (χ0) is 15.2. The van der Waals surface area contributed by atoms with Crippen LogP contribution in [0.3, 0.4) is 0 Å². The van der Waals surface area contributed by atoms with E-state index in [1.54, 1.807) is 30.3 Å². The number of amides is 1. The van der Waals surface area contributed by atoms with Gasteiger partial charge in [-0.25, -0.2) is 4.98 Å². The molecule has 0 saturated carbocycles. The molecule has 0 bridgehead atoms. The van der Waals surface area contributed by atoms with Gasteiger partial charge in [-0.3, -0.25) is 4.79 Å². The van der Waals surface area contributed by atoms with Gasteiger partial charge in [0.05, 0.1) is 17.6 Å². The first-order chi connectivity index (χ1) is 10.1. The van der Waals surface area contributed by atoms with E-state index < -0.39 is 17.9 Å². The Morgan fingerprint density at radius 1 is 1.19 bits per heavy atom. The lowest BCUT2D eigenvalue weighted by molar-refractivity contribution is -0.308. The molecule has 108 valence electrons. The van der Waals surface area contributed by atoms with E-state index in [9.17, 15) is 14.7 Å². The van der Waals surface area contributed by atoms with Crippen LogP contribution in [0.1, 0.15) is 15.9 Å². The number of rotatable bonds is 5. The highest BCUT2D eigenvalue weighted by atomic mass is 35.5. The summed E-state index contributed by atoms with van der Waals surface area (Å²) in [6.45, 7) is 0. The lowest BCUT2D eigenvalue weighted by Gasteiger charge is -2.20. The van der Waals surface area contributed by atoms with Gasteiger partial charge in [-0.1, -0.05) is 41.9 Å². The lowest BCUT2D eigenvalue weighted by Crippen LogP contribution is -2.49. The third kappa shape index (κ3) is 4.03. The summed E-state index contributed by atoms with van der Waals surface area (Å²) in [5, 5.41) is 13.6. The largest absolute Gasteiger partial charge is 0.548 e. The van der Waals surface area contributed by atoms with Crippen LogP contribution < -0.4 is 10.4 Å². The van der Waals surface area contributed by atoms with E-state index >= 15 is 0 Å². The number of nitrogens with zero attached hydrogens (tertiary/aromatic N) is 1. The molecular weight excluding hydrogens is 292 g/mol. The lowest BCUT2D eigenvalue weighted by atomic mass is 10.1. The van der Waals surface area contributed by atoms with Crippen molar-refractivity contribution >= 4 is 23.5 Å². The molecule has 5 nitrogen and oxygen atoms in total. The van der Waals surface area contributed by atoms with Gasteiger partial charge in [0.1, 0.15) is 5.15 Å². The van der Waals surface area contributed by atoms with E-state index in [0.29, 0.717) is 0 Å². The van der Waals surface area contributed by atoms with Crippen molar-refractivity contribution in [2.24, 2.45) is 0 Å². The number of halogens is 1. The number of carbonyl (C=O) groups is 2. The van der Waals surface area contributed by atoms with Crippen LogP contribution in [-0.2, 0) is 11.2 Å². The van der Waals surface area contributed by atoms with Gasteiger partial charge in [0.2, 0.25) is 0 Å². The maximum absolute atomic E-state index is 12.0. The normalized spacial score (nSPS) is 11.7. The molecule has 1 atom stereocenters. The molecule has 1 heterocycles. The number of benzene rings is 1. The SMILES string of the molecule is O=C(NC(Cc1ccccc1)C(=O)[O-])c1cccnc1Cl. The molecule has 6 heteroatoms. The van der Waals surface area contributed by atoms with Crippen LogP contribution in [0.25, 0.3) is 0 Å². The number of hydrogen-bond donors (Lipinski definition) is 1. The molecule has 1 N–H and O–H groups in total. The van der Waals surface area contributed by atoms with Crippen molar-refractivity contribution in [2.75, 3.05) is 0 Å². The van der Waals surface area contributed by atoms with Gasteiger partial charge in [0.15, 0.2) is 0 Å². The van der Waals surface area contributed by atoms with Crippen molar-refractivity contribution in [3.8, 4) is 0 Å². The summed E-state index contributed by atoms with van der Waals surface area (Å²) in [5.74, 6) is -1.95. The van der Waals surface area contributed by atoms with Crippen molar-refractivity contribution in [1.82, 2.24) is 10.3 Å². The monoisotopic (exact) mass is 303 g/mol. The Morgan fingerprint density at radius 2 is 1.90 bits per heavy atom. The van der Waals surface area contributed by atoms with Crippen LogP contribution in [0.5, 0.6) is 0 Å². The molecule has 0 fully saturated rings. The second-order valence-electron chi connectivity index (χ2n) is 4.38. The van der Waals surface area contributed by atoms with E-state index in [2.05, 4.69) is 10.3 Å². The number of carbonyl (C=O) groups excluding carboxylic acids is 2. The van der Waals surface area contributed by atoms with Crippen molar-refractivity contribution in [2.45, 2.75) is 12.5 Å². The second kappa shape index (κ2) is 6.85. The average molecular weight is 304 g/mol.